The van der Waals surface area contributed by atoms with Crippen molar-refractivity contribution in [2.45, 2.75) is 0 Å². The van der Waals surface area contributed by atoms with Gasteiger partial charge in [-0.3, -0.25) is 0 Å². The molecule has 1 aliphatic rings. The standard InChI is InChI=1S/C13H19N3O2/c1-15-6-8-16(9-7-15)12-10(13(17)18-2)4-3-5-11(12)14/h3-5H,6-9,14H2,1-2H3. The third kappa shape index (κ3) is 2.41. The molecule has 0 atom stereocenters. The first-order valence-electron chi connectivity index (χ1n) is 6.03. The zero-order valence-corrected chi connectivity index (χ0v) is 10.8. The highest BCUT2D eigenvalue weighted by Crippen LogP contribution is 2.29. The number of likely N-dealkylation sites (N-methyl/N-ethyl adjacent to an activating group) is 1. The fraction of sp³-hybridized carbons (Fsp3) is 0.462. The number of methoxy groups -OCH3 is 1. The van der Waals surface area contributed by atoms with E-state index in [2.05, 4.69) is 16.8 Å². The van der Waals surface area contributed by atoms with Crippen LogP contribution in [0.5, 0.6) is 0 Å². The predicted octanol–water partition coefficient (Wildman–Crippen LogP) is 0.807. The summed E-state index contributed by atoms with van der Waals surface area (Å²) in [5.74, 6) is -0.337. The van der Waals surface area contributed by atoms with Gasteiger partial charge in [-0.25, -0.2) is 4.79 Å². The van der Waals surface area contributed by atoms with Crippen molar-refractivity contribution in [1.29, 1.82) is 0 Å². The molecule has 1 aliphatic heterocycles. The zero-order chi connectivity index (χ0) is 13.1. The van der Waals surface area contributed by atoms with Gasteiger partial charge in [-0.1, -0.05) is 6.07 Å². The van der Waals surface area contributed by atoms with Gasteiger partial charge in [0.2, 0.25) is 0 Å². The molecule has 1 aromatic carbocycles. The van der Waals surface area contributed by atoms with Crippen LogP contribution in [-0.4, -0.2) is 51.2 Å². The van der Waals surface area contributed by atoms with E-state index in [9.17, 15) is 4.79 Å². The second-order valence-corrected chi connectivity index (χ2v) is 4.53. The van der Waals surface area contributed by atoms with Crippen LogP contribution >= 0.6 is 0 Å². The van der Waals surface area contributed by atoms with Crippen LogP contribution in [0, 0.1) is 0 Å². The van der Waals surface area contributed by atoms with Gasteiger partial charge in [0, 0.05) is 26.2 Å². The highest BCUT2D eigenvalue weighted by Gasteiger charge is 2.22. The second kappa shape index (κ2) is 5.27. The van der Waals surface area contributed by atoms with Crippen LogP contribution in [-0.2, 0) is 4.74 Å². The van der Waals surface area contributed by atoms with Crippen LogP contribution in [0.3, 0.4) is 0 Å². The van der Waals surface area contributed by atoms with Crippen molar-refractivity contribution in [2.24, 2.45) is 0 Å². The van der Waals surface area contributed by atoms with Crippen molar-refractivity contribution in [2.75, 3.05) is 51.0 Å². The first-order chi connectivity index (χ1) is 8.63. The Morgan fingerprint density at radius 2 is 1.94 bits per heavy atom. The molecular formula is C13H19N3O2. The van der Waals surface area contributed by atoms with Crippen molar-refractivity contribution >= 4 is 17.3 Å². The molecule has 2 rings (SSSR count). The van der Waals surface area contributed by atoms with Gasteiger partial charge in [0.15, 0.2) is 0 Å². The lowest BCUT2D eigenvalue weighted by Gasteiger charge is -2.35. The lowest BCUT2D eigenvalue weighted by Crippen LogP contribution is -2.45. The summed E-state index contributed by atoms with van der Waals surface area (Å²) >= 11 is 0. The molecule has 0 aromatic heterocycles. The van der Waals surface area contributed by atoms with Crippen molar-refractivity contribution in [3.63, 3.8) is 0 Å². The predicted molar refractivity (Wildman–Crippen MR) is 71.9 cm³/mol. The summed E-state index contributed by atoms with van der Waals surface area (Å²) in [5.41, 5.74) is 7.99. The molecule has 0 saturated carbocycles. The molecule has 1 heterocycles. The van der Waals surface area contributed by atoms with E-state index in [-0.39, 0.29) is 5.97 Å². The largest absolute Gasteiger partial charge is 0.465 e. The summed E-state index contributed by atoms with van der Waals surface area (Å²) in [6.07, 6.45) is 0. The lowest BCUT2D eigenvalue weighted by atomic mass is 10.1. The minimum absolute atomic E-state index is 0.337. The number of piperazine rings is 1. The van der Waals surface area contributed by atoms with Gasteiger partial charge in [0.25, 0.3) is 0 Å². The maximum atomic E-state index is 11.8. The third-order valence-corrected chi connectivity index (χ3v) is 3.29. The Morgan fingerprint density at radius 3 is 2.56 bits per heavy atom. The van der Waals surface area contributed by atoms with E-state index in [1.165, 1.54) is 7.11 Å². The molecule has 0 bridgehead atoms. The van der Waals surface area contributed by atoms with Crippen LogP contribution in [0.25, 0.3) is 0 Å². The van der Waals surface area contributed by atoms with E-state index in [0.29, 0.717) is 11.3 Å². The molecule has 18 heavy (non-hydrogen) atoms. The number of benzene rings is 1. The maximum Gasteiger partial charge on any atom is 0.340 e. The molecule has 5 heteroatoms. The number of hydrogen-bond acceptors (Lipinski definition) is 5. The minimum atomic E-state index is -0.337. The van der Waals surface area contributed by atoms with E-state index in [4.69, 9.17) is 10.5 Å². The Kier molecular flexibility index (Phi) is 3.72. The van der Waals surface area contributed by atoms with E-state index in [1.807, 2.05) is 6.07 Å². The van der Waals surface area contributed by atoms with Crippen LogP contribution in [0.1, 0.15) is 10.4 Å². The maximum absolute atomic E-state index is 11.8. The molecule has 2 N–H and O–H groups in total. The molecule has 0 aliphatic carbocycles. The molecule has 5 nitrogen and oxygen atoms in total. The summed E-state index contributed by atoms with van der Waals surface area (Å²) in [6, 6.07) is 5.36. The summed E-state index contributed by atoms with van der Waals surface area (Å²) in [5, 5.41) is 0. The SMILES string of the molecule is COC(=O)c1cccc(N)c1N1CCN(C)CC1. The molecule has 1 fully saturated rings. The Labute approximate surface area is 107 Å². The number of anilines is 2. The molecule has 0 radical (unpaired) electrons. The highest BCUT2D eigenvalue weighted by molar-refractivity contribution is 5.99. The number of nitrogen functional groups attached to an aromatic ring is 1. The van der Waals surface area contributed by atoms with E-state index in [1.54, 1.807) is 12.1 Å². The molecule has 0 spiro atoms. The average Bonchev–Trinajstić information content (AvgIpc) is 2.39. The van der Waals surface area contributed by atoms with Crippen LogP contribution in [0.2, 0.25) is 0 Å². The number of carbonyl (C=O) groups is 1. The fourth-order valence-corrected chi connectivity index (χ4v) is 2.22. The van der Waals surface area contributed by atoms with Crippen molar-refractivity contribution in [1.82, 2.24) is 4.90 Å². The zero-order valence-electron chi connectivity index (χ0n) is 10.8. The average molecular weight is 249 g/mol. The Morgan fingerprint density at radius 1 is 1.28 bits per heavy atom. The van der Waals surface area contributed by atoms with Gasteiger partial charge in [0.1, 0.15) is 0 Å². The van der Waals surface area contributed by atoms with E-state index < -0.39 is 0 Å². The Bertz CT molecular complexity index is 440. The lowest BCUT2D eigenvalue weighted by molar-refractivity contribution is 0.0601. The van der Waals surface area contributed by atoms with Gasteiger partial charge in [0.05, 0.1) is 24.0 Å². The first kappa shape index (κ1) is 12.7. The van der Waals surface area contributed by atoms with Gasteiger partial charge < -0.3 is 20.3 Å². The van der Waals surface area contributed by atoms with Gasteiger partial charge in [-0.2, -0.15) is 0 Å². The normalized spacial score (nSPS) is 16.7. The number of nitrogens with zero attached hydrogens (tertiary/aromatic N) is 2. The third-order valence-electron chi connectivity index (χ3n) is 3.29. The molecule has 98 valence electrons. The molecule has 1 saturated heterocycles. The van der Waals surface area contributed by atoms with E-state index in [0.717, 1.165) is 31.9 Å². The number of rotatable bonds is 2. The number of hydrogen-bond donors (Lipinski definition) is 1. The fourth-order valence-electron chi connectivity index (χ4n) is 2.22. The van der Waals surface area contributed by atoms with Crippen molar-refractivity contribution in [3.8, 4) is 0 Å². The quantitative estimate of drug-likeness (QED) is 0.621. The van der Waals surface area contributed by atoms with Crippen LogP contribution in [0.4, 0.5) is 11.4 Å². The number of para-hydroxylation sites is 1. The Balaban J connectivity index is 2.33. The molecular weight excluding hydrogens is 230 g/mol. The molecule has 0 amide bonds. The van der Waals surface area contributed by atoms with Gasteiger partial charge >= 0.3 is 5.97 Å². The van der Waals surface area contributed by atoms with Gasteiger partial charge in [-0.15, -0.1) is 0 Å². The van der Waals surface area contributed by atoms with Crippen molar-refractivity contribution < 1.29 is 9.53 Å². The summed E-state index contributed by atoms with van der Waals surface area (Å²) in [4.78, 5) is 16.2. The van der Waals surface area contributed by atoms with Crippen molar-refractivity contribution in [3.05, 3.63) is 23.8 Å². The number of carbonyl (C=O) groups excluding carboxylic acids is 1. The topological polar surface area (TPSA) is 58.8 Å². The Hall–Kier alpha value is -1.75. The van der Waals surface area contributed by atoms with Gasteiger partial charge in [-0.05, 0) is 19.2 Å². The monoisotopic (exact) mass is 249 g/mol. The number of ether oxygens (including phenoxy) is 1. The highest BCUT2D eigenvalue weighted by atomic mass is 16.5. The number of nitrogens with two attached hydrogens (primary N) is 1. The molecule has 1 aromatic rings. The molecule has 0 unspecified atom stereocenters. The van der Waals surface area contributed by atoms with Crippen LogP contribution in [0.15, 0.2) is 18.2 Å². The summed E-state index contributed by atoms with van der Waals surface area (Å²) in [6.45, 7) is 3.67. The minimum Gasteiger partial charge on any atom is -0.465 e. The van der Waals surface area contributed by atoms with Crippen LogP contribution < -0.4 is 10.6 Å². The number of esters is 1. The first-order valence-corrected chi connectivity index (χ1v) is 6.03. The summed E-state index contributed by atoms with van der Waals surface area (Å²) in [7, 11) is 3.48. The van der Waals surface area contributed by atoms with E-state index >= 15 is 0 Å². The smallest absolute Gasteiger partial charge is 0.340 e. The second-order valence-electron chi connectivity index (χ2n) is 4.53. The summed E-state index contributed by atoms with van der Waals surface area (Å²) < 4.78 is 4.81.